The first-order valence-corrected chi connectivity index (χ1v) is 7.96. The van der Waals surface area contributed by atoms with E-state index < -0.39 is 17.8 Å². The van der Waals surface area contributed by atoms with E-state index >= 15 is 0 Å². The van der Waals surface area contributed by atoms with Crippen molar-refractivity contribution < 1.29 is 23.5 Å². The van der Waals surface area contributed by atoms with Crippen molar-refractivity contribution in [3.05, 3.63) is 53.8 Å². The molecule has 1 aromatic carbocycles. The molecule has 3 aromatic rings. The molecule has 1 unspecified atom stereocenters. The number of nitrogens with zero attached hydrogens (tertiary/aromatic N) is 1. The highest BCUT2D eigenvalue weighted by molar-refractivity contribution is 6.06. The molecule has 8 heteroatoms. The average Bonchev–Trinajstić information content (AvgIpc) is 3.00. The van der Waals surface area contributed by atoms with E-state index in [2.05, 4.69) is 15.8 Å². The zero-order valence-electron chi connectivity index (χ0n) is 14.2. The van der Waals surface area contributed by atoms with Crippen molar-refractivity contribution in [2.75, 3.05) is 11.9 Å². The van der Waals surface area contributed by atoms with Gasteiger partial charge in [0.2, 0.25) is 5.76 Å². The van der Waals surface area contributed by atoms with Gasteiger partial charge in [0.25, 0.3) is 0 Å². The lowest BCUT2D eigenvalue weighted by molar-refractivity contribution is -0.0313. The summed E-state index contributed by atoms with van der Waals surface area (Å²) in [5.41, 5.74) is 3.87. The number of furan rings is 1. The molecule has 26 heavy (non-hydrogen) atoms. The molecule has 0 saturated carbocycles. The summed E-state index contributed by atoms with van der Waals surface area (Å²) in [6.45, 7) is 3.11. The van der Waals surface area contributed by atoms with Gasteiger partial charge < -0.3 is 14.8 Å². The standard InChI is InChI=1S/C18H18FN3O4/c1-10-3-4-14(13(19)7-10)21-16-12-8-20-6-5-15(12)25-17(16)18(24)22-26-11(2)9-23/h3-8,11,21,23H,9H2,1-2H3,(H,22,24). The van der Waals surface area contributed by atoms with Crippen LogP contribution in [0.1, 0.15) is 23.0 Å². The van der Waals surface area contributed by atoms with Crippen molar-refractivity contribution in [2.24, 2.45) is 0 Å². The topological polar surface area (TPSA) is 96.6 Å². The second kappa shape index (κ2) is 7.51. The fourth-order valence-electron chi connectivity index (χ4n) is 2.32. The first kappa shape index (κ1) is 17.8. The summed E-state index contributed by atoms with van der Waals surface area (Å²) in [5, 5.41) is 12.4. The van der Waals surface area contributed by atoms with Gasteiger partial charge in [-0.3, -0.25) is 14.6 Å². The number of fused-ring (bicyclic) bond motifs is 1. The molecule has 3 N–H and O–H groups in total. The van der Waals surface area contributed by atoms with Crippen LogP contribution in [0.15, 0.2) is 41.1 Å². The minimum Gasteiger partial charge on any atom is -0.448 e. The lowest BCUT2D eigenvalue weighted by Crippen LogP contribution is -2.30. The smallest absolute Gasteiger partial charge is 0.312 e. The third-order valence-corrected chi connectivity index (χ3v) is 3.69. The van der Waals surface area contributed by atoms with Crippen LogP contribution in [0.4, 0.5) is 15.8 Å². The number of carbonyl (C=O) groups is 1. The minimum atomic E-state index is -0.670. The van der Waals surface area contributed by atoms with Crippen LogP contribution in [0.3, 0.4) is 0 Å². The number of amides is 1. The quantitative estimate of drug-likeness (QED) is 0.585. The highest BCUT2D eigenvalue weighted by Crippen LogP contribution is 2.33. The lowest BCUT2D eigenvalue weighted by Gasteiger charge is -2.11. The van der Waals surface area contributed by atoms with E-state index in [1.807, 2.05) is 0 Å². The molecule has 2 aromatic heterocycles. The fraction of sp³-hybridized carbons (Fsp3) is 0.222. The number of carbonyl (C=O) groups excluding carboxylic acids is 1. The summed E-state index contributed by atoms with van der Waals surface area (Å²) >= 11 is 0. The van der Waals surface area contributed by atoms with Crippen LogP contribution in [0.5, 0.6) is 0 Å². The largest absolute Gasteiger partial charge is 0.448 e. The van der Waals surface area contributed by atoms with Gasteiger partial charge in [0.15, 0.2) is 0 Å². The predicted octanol–water partition coefficient (Wildman–Crippen LogP) is 3.06. The van der Waals surface area contributed by atoms with Crippen LogP contribution in [0, 0.1) is 12.7 Å². The van der Waals surface area contributed by atoms with E-state index in [0.717, 1.165) is 5.56 Å². The molecule has 1 atom stereocenters. The Morgan fingerprint density at radius 3 is 2.96 bits per heavy atom. The SMILES string of the molecule is Cc1ccc(Nc2c(C(=O)NOC(C)CO)oc3ccncc23)c(F)c1. The van der Waals surface area contributed by atoms with E-state index in [1.165, 1.54) is 18.5 Å². The maximum absolute atomic E-state index is 14.2. The molecule has 3 rings (SSSR count). The van der Waals surface area contributed by atoms with Gasteiger partial charge in [-0.2, -0.15) is 0 Å². The molecule has 0 aliphatic rings. The molecule has 1 amide bonds. The number of halogens is 1. The first-order valence-electron chi connectivity index (χ1n) is 7.96. The summed E-state index contributed by atoms with van der Waals surface area (Å²) < 4.78 is 19.8. The van der Waals surface area contributed by atoms with Gasteiger partial charge in [0.1, 0.15) is 23.2 Å². The number of aliphatic hydroxyl groups excluding tert-OH is 1. The zero-order chi connectivity index (χ0) is 18.7. The number of nitrogens with one attached hydrogen (secondary N) is 2. The van der Waals surface area contributed by atoms with Gasteiger partial charge >= 0.3 is 5.91 Å². The monoisotopic (exact) mass is 359 g/mol. The van der Waals surface area contributed by atoms with E-state index in [0.29, 0.717) is 11.0 Å². The Hall–Kier alpha value is -2.97. The molecule has 0 spiro atoms. The molecule has 136 valence electrons. The third-order valence-electron chi connectivity index (χ3n) is 3.69. The number of aryl methyl sites for hydroxylation is 1. The number of aromatic nitrogens is 1. The van der Waals surface area contributed by atoms with Crippen LogP contribution in [0.2, 0.25) is 0 Å². The number of anilines is 2. The molecule has 2 heterocycles. The Morgan fingerprint density at radius 2 is 2.23 bits per heavy atom. The van der Waals surface area contributed by atoms with Gasteiger partial charge in [0.05, 0.1) is 17.7 Å². The van der Waals surface area contributed by atoms with Crippen molar-refractivity contribution in [3.8, 4) is 0 Å². The van der Waals surface area contributed by atoms with Crippen LogP contribution < -0.4 is 10.8 Å². The van der Waals surface area contributed by atoms with Gasteiger partial charge in [0, 0.05) is 12.4 Å². The summed E-state index contributed by atoms with van der Waals surface area (Å²) in [4.78, 5) is 21.5. The summed E-state index contributed by atoms with van der Waals surface area (Å²) in [6.07, 6.45) is 2.45. The second-order valence-corrected chi connectivity index (χ2v) is 5.83. The Kier molecular flexibility index (Phi) is 5.15. The Morgan fingerprint density at radius 1 is 1.42 bits per heavy atom. The van der Waals surface area contributed by atoms with Crippen LogP contribution >= 0.6 is 0 Å². The number of aliphatic hydroxyl groups is 1. The number of hydrogen-bond acceptors (Lipinski definition) is 6. The van der Waals surface area contributed by atoms with Crippen LogP contribution in [-0.2, 0) is 4.84 Å². The molecule has 7 nitrogen and oxygen atoms in total. The van der Waals surface area contributed by atoms with Crippen molar-refractivity contribution in [2.45, 2.75) is 20.0 Å². The Labute approximate surface area is 148 Å². The van der Waals surface area contributed by atoms with E-state index in [9.17, 15) is 9.18 Å². The van der Waals surface area contributed by atoms with Crippen LogP contribution in [-0.4, -0.2) is 28.7 Å². The molecular weight excluding hydrogens is 341 g/mol. The Balaban J connectivity index is 1.98. The van der Waals surface area contributed by atoms with Crippen molar-refractivity contribution >= 4 is 28.3 Å². The zero-order valence-corrected chi connectivity index (χ0v) is 14.2. The number of rotatable bonds is 6. The summed E-state index contributed by atoms with van der Waals surface area (Å²) in [6, 6.07) is 6.30. The van der Waals surface area contributed by atoms with Gasteiger partial charge in [-0.05, 0) is 37.6 Å². The maximum Gasteiger partial charge on any atom is 0.312 e. The molecular formula is C18H18FN3O4. The summed E-state index contributed by atoms with van der Waals surface area (Å²) in [7, 11) is 0. The molecule has 0 aliphatic carbocycles. The Bertz CT molecular complexity index is 941. The second-order valence-electron chi connectivity index (χ2n) is 5.83. The first-order chi connectivity index (χ1) is 12.5. The number of benzene rings is 1. The maximum atomic E-state index is 14.2. The lowest BCUT2D eigenvalue weighted by atomic mass is 10.2. The van der Waals surface area contributed by atoms with Gasteiger partial charge in [-0.15, -0.1) is 0 Å². The van der Waals surface area contributed by atoms with Crippen LogP contribution in [0.25, 0.3) is 11.0 Å². The van der Waals surface area contributed by atoms with E-state index in [4.69, 9.17) is 14.4 Å². The van der Waals surface area contributed by atoms with E-state index in [-0.39, 0.29) is 23.7 Å². The normalized spacial score (nSPS) is 12.2. The number of hydrogen-bond donors (Lipinski definition) is 3. The number of pyridine rings is 1. The molecule has 0 bridgehead atoms. The van der Waals surface area contributed by atoms with Crippen molar-refractivity contribution in [1.82, 2.24) is 10.5 Å². The highest BCUT2D eigenvalue weighted by atomic mass is 19.1. The van der Waals surface area contributed by atoms with E-state index in [1.54, 1.807) is 32.0 Å². The molecule has 0 fully saturated rings. The highest BCUT2D eigenvalue weighted by Gasteiger charge is 2.22. The van der Waals surface area contributed by atoms with Gasteiger partial charge in [-0.25, -0.2) is 9.87 Å². The fourth-order valence-corrected chi connectivity index (χ4v) is 2.32. The minimum absolute atomic E-state index is 0.0851. The molecule has 0 radical (unpaired) electrons. The van der Waals surface area contributed by atoms with Gasteiger partial charge in [-0.1, -0.05) is 6.07 Å². The third kappa shape index (κ3) is 3.66. The molecule has 0 saturated heterocycles. The van der Waals surface area contributed by atoms with Crippen molar-refractivity contribution in [3.63, 3.8) is 0 Å². The average molecular weight is 359 g/mol. The summed E-state index contributed by atoms with van der Waals surface area (Å²) in [5.74, 6) is -1.21. The predicted molar refractivity (Wildman–Crippen MR) is 93.5 cm³/mol. The number of hydroxylamine groups is 1. The van der Waals surface area contributed by atoms with Crippen molar-refractivity contribution in [1.29, 1.82) is 0 Å². The molecule has 0 aliphatic heterocycles.